The molecular weight excluding hydrogens is 384 g/mol. The standard InChI is InChI=1S/C27H30N2O2/c1-20-8-6-16-29(19-20)24-14-12-22(13-15-24)21(2)28-27(30)26(18-25-11-7-17-31-25)23-9-4-3-5-10-23/h3-5,7,9-15,17-18,20-21H,6,8,16,19H2,1-2H3,(H,28,30)/b26-18+/t20-,21+/m1/s1. The Morgan fingerprint density at radius 2 is 1.87 bits per heavy atom. The van der Waals surface area contributed by atoms with Crippen molar-refractivity contribution in [3.63, 3.8) is 0 Å². The molecule has 0 bridgehead atoms. The summed E-state index contributed by atoms with van der Waals surface area (Å²) in [5, 5.41) is 3.15. The average molecular weight is 415 g/mol. The van der Waals surface area contributed by atoms with Gasteiger partial charge in [-0.1, -0.05) is 49.4 Å². The van der Waals surface area contributed by atoms with Crippen molar-refractivity contribution in [1.29, 1.82) is 0 Å². The molecule has 1 fully saturated rings. The van der Waals surface area contributed by atoms with Gasteiger partial charge in [-0.2, -0.15) is 0 Å². The third-order valence-corrected chi connectivity index (χ3v) is 5.92. The van der Waals surface area contributed by atoms with E-state index in [-0.39, 0.29) is 11.9 Å². The fourth-order valence-corrected chi connectivity index (χ4v) is 4.17. The second-order valence-electron chi connectivity index (χ2n) is 8.42. The van der Waals surface area contributed by atoms with Crippen molar-refractivity contribution >= 4 is 23.2 Å². The monoisotopic (exact) mass is 414 g/mol. The summed E-state index contributed by atoms with van der Waals surface area (Å²) in [6.45, 7) is 6.57. The summed E-state index contributed by atoms with van der Waals surface area (Å²) >= 11 is 0. The van der Waals surface area contributed by atoms with Crippen LogP contribution in [-0.2, 0) is 4.79 Å². The molecule has 2 atom stereocenters. The lowest BCUT2D eigenvalue weighted by molar-refractivity contribution is -0.116. The minimum atomic E-state index is -0.121. The van der Waals surface area contributed by atoms with E-state index in [1.165, 1.54) is 18.5 Å². The van der Waals surface area contributed by atoms with Crippen molar-refractivity contribution in [2.45, 2.75) is 32.7 Å². The number of carbonyl (C=O) groups excluding carboxylic acids is 1. The Labute approximate surface area is 184 Å². The van der Waals surface area contributed by atoms with Crippen LogP contribution in [0.2, 0.25) is 0 Å². The first kappa shape index (κ1) is 21.0. The Morgan fingerprint density at radius 1 is 1.10 bits per heavy atom. The highest BCUT2D eigenvalue weighted by Gasteiger charge is 2.18. The zero-order chi connectivity index (χ0) is 21.6. The Morgan fingerprint density at radius 3 is 2.55 bits per heavy atom. The molecule has 4 heteroatoms. The van der Waals surface area contributed by atoms with E-state index in [2.05, 4.69) is 41.4 Å². The fourth-order valence-electron chi connectivity index (χ4n) is 4.17. The van der Waals surface area contributed by atoms with Gasteiger partial charge >= 0.3 is 0 Å². The lowest BCUT2D eigenvalue weighted by Crippen LogP contribution is -2.34. The zero-order valence-corrected chi connectivity index (χ0v) is 18.3. The maximum absolute atomic E-state index is 13.2. The number of rotatable bonds is 6. The Hall–Kier alpha value is -3.27. The predicted octanol–water partition coefficient (Wildman–Crippen LogP) is 5.93. The van der Waals surface area contributed by atoms with E-state index in [1.54, 1.807) is 12.3 Å². The van der Waals surface area contributed by atoms with E-state index in [9.17, 15) is 4.79 Å². The van der Waals surface area contributed by atoms with E-state index in [0.29, 0.717) is 11.3 Å². The molecule has 2 heterocycles. The summed E-state index contributed by atoms with van der Waals surface area (Å²) in [6, 6.07) is 21.8. The van der Waals surface area contributed by atoms with Crippen molar-refractivity contribution in [1.82, 2.24) is 5.32 Å². The SMILES string of the molecule is C[C@@H]1CCCN(c2ccc([C@H](C)NC(=O)/C(=C/c3ccco3)c3ccccc3)cc2)C1. The van der Waals surface area contributed by atoms with Gasteiger partial charge in [0, 0.05) is 18.8 Å². The van der Waals surface area contributed by atoms with Crippen LogP contribution in [0.3, 0.4) is 0 Å². The number of anilines is 1. The summed E-state index contributed by atoms with van der Waals surface area (Å²) in [7, 11) is 0. The first-order valence-corrected chi connectivity index (χ1v) is 11.1. The molecule has 1 aliphatic rings. The summed E-state index contributed by atoms with van der Waals surface area (Å²) in [5.74, 6) is 1.27. The number of piperidine rings is 1. The Bertz CT molecular complexity index is 1010. The van der Waals surface area contributed by atoms with Gasteiger partial charge in [-0.15, -0.1) is 0 Å². The highest BCUT2D eigenvalue weighted by molar-refractivity contribution is 6.24. The predicted molar refractivity (Wildman–Crippen MR) is 127 cm³/mol. The first-order valence-electron chi connectivity index (χ1n) is 11.1. The summed E-state index contributed by atoms with van der Waals surface area (Å²) < 4.78 is 5.44. The van der Waals surface area contributed by atoms with Gasteiger partial charge in [-0.25, -0.2) is 0 Å². The van der Waals surface area contributed by atoms with Gasteiger partial charge in [-0.3, -0.25) is 4.79 Å². The van der Waals surface area contributed by atoms with Gasteiger partial charge in [0.25, 0.3) is 5.91 Å². The molecule has 1 aromatic heterocycles. The number of carbonyl (C=O) groups is 1. The lowest BCUT2D eigenvalue weighted by Gasteiger charge is -2.33. The van der Waals surface area contributed by atoms with Gasteiger partial charge in [-0.05, 0) is 67.2 Å². The molecule has 2 aromatic carbocycles. The molecule has 4 rings (SSSR count). The van der Waals surface area contributed by atoms with Crippen LogP contribution in [0.15, 0.2) is 77.4 Å². The van der Waals surface area contributed by atoms with Crippen LogP contribution in [0.4, 0.5) is 5.69 Å². The van der Waals surface area contributed by atoms with Gasteiger partial charge in [0.1, 0.15) is 5.76 Å². The molecule has 4 nitrogen and oxygen atoms in total. The van der Waals surface area contributed by atoms with Crippen LogP contribution in [0.1, 0.15) is 49.6 Å². The molecular formula is C27H30N2O2. The molecule has 1 saturated heterocycles. The van der Waals surface area contributed by atoms with Crippen molar-refractivity contribution in [3.05, 3.63) is 89.9 Å². The maximum Gasteiger partial charge on any atom is 0.252 e. The molecule has 160 valence electrons. The van der Waals surface area contributed by atoms with Gasteiger partial charge in [0.2, 0.25) is 0 Å². The smallest absolute Gasteiger partial charge is 0.252 e. The average Bonchev–Trinajstić information content (AvgIpc) is 3.31. The number of benzene rings is 2. The van der Waals surface area contributed by atoms with Gasteiger partial charge in [0.15, 0.2) is 0 Å². The summed E-state index contributed by atoms with van der Waals surface area (Å²) in [4.78, 5) is 15.6. The molecule has 0 spiro atoms. The van der Waals surface area contributed by atoms with E-state index < -0.39 is 0 Å². The van der Waals surface area contributed by atoms with Crippen molar-refractivity contribution in [2.75, 3.05) is 18.0 Å². The number of nitrogens with zero attached hydrogens (tertiary/aromatic N) is 1. The highest BCUT2D eigenvalue weighted by atomic mass is 16.3. The topological polar surface area (TPSA) is 45.5 Å². The van der Waals surface area contributed by atoms with Crippen LogP contribution >= 0.6 is 0 Å². The second-order valence-corrected chi connectivity index (χ2v) is 8.42. The van der Waals surface area contributed by atoms with Crippen molar-refractivity contribution in [3.8, 4) is 0 Å². The van der Waals surface area contributed by atoms with Crippen molar-refractivity contribution < 1.29 is 9.21 Å². The molecule has 31 heavy (non-hydrogen) atoms. The number of hydrogen-bond acceptors (Lipinski definition) is 3. The third kappa shape index (κ3) is 5.26. The molecule has 0 aliphatic carbocycles. The molecule has 3 aromatic rings. The van der Waals surface area contributed by atoms with Crippen molar-refractivity contribution in [2.24, 2.45) is 5.92 Å². The van der Waals surface area contributed by atoms with E-state index >= 15 is 0 Å². The molecule has 1 aliphatic heterocycles. The zero-order valence-electron chi connectivity index (χ0n) is 18.3. The summed E-state index contributed by atoms with van der Waals surface area (Å²) in [6.07, 6.45) is 5.96. The van der Waals surface area contributed by atoms with E-state index in [0.717, 1.165) is 30.1 Å². The maximum atomic E-state index is 13.2. The number of nitrogens with one attached hydrogen (secondary N) is 1. The van der Waals surface area contributed by atoms with Crippen LogP contribution in [0.25, 0.3) is 11.6 Å². The molecule has 0 saturated carbocycles. The minimum Gasteiger partial charge on any atom is -0.465 e. The van der Waals surface area contributed by atoms with E-state index in [4.69, 9.17) is 4.42 Å². The number of amides is 1. The van der Waals surface area contributed by atoms with Gasteiger partial charge in [0.05, 0.1) is 17.9 Å². The minimum absolute atomic E-state index is 0.106. The first-order chi connectivity index (χ1) is 15.1. The number of hydrogen-bond donors (Lipinski definition) is 1. The second kappa shape index (κ2) is 9.69. The van der Waals surface area contributed by atoms with E-state index in [1.807, 2.05) is 49.4 Å². The fraction of sp³-hybridized carbons (Fsp3) is 0.296. The van der Waals surface area contributed by atoms with Gasteiger partial charge < -0.3 is 14.6 Å². The highest BCUT2D eigenvalue weighted by Crippen LogP contribution is 2.25. The molecule has 1 N–H and O–H groups in total. The molecule has 0 unspecified atom stereocenters. The Kier molecular flexibility index (Phi) is 6.56. The third-order valence-electron chi connectivity index (χ3n) is 5.92. The lowest BCUT2D eigenvalue weighted by atomic mass is 9.99. The largest absolute Gasteiger partial charge is 0.465 e. The molecule has 1 amide bonds. The van der Waals surface area contributed by atoms with Crippen LogP contribution in [-0.4, -0.2) is 19.0 Å². The van der Waals surface area contributed by atoms with Crippen LogP contribution < -0.4 is 10.2 Å². The van der Waals surface area contributed by atoms with Crippen LogP contribution in [0.5, 0.6) is 0 Å². The number of furan rings is 1. The molecule has 0 radical (unpaired) electrons. The van der Waals surface area contributed by atoms with Crippen LogP contribution in [0, 0.1) is 5.92 Å². The normalized spacial score (nSPS) is 17.9. The Balaban J connectivity index is 1.48. The summed E-state index contributed by atoms with van der Waals surface area (Å²) in [5.41, 5.74) is 3.79. The quantitative estimate of drug-likeness (QED) is 0.508.